The summed E-state index contributed by atoms with van der Waals surface area (Å²) in [4.78, 5) is 0. The van der Waals surface area contributed by atoms with Gasteiger partial charge >= 0.3 is 0 Å². The topological polar surface area (TPSA) is 61.0 Å². The number of hydrogen-bond acceptors (Lipinski definition) is 6. The van der Waals surface area contributed by atoms with Crippen molar-refractivity contribution in [1.82, 2.24) is 10.6 Å². The molecule has 0 heterocycles. The van der Waals surface area contributed by atoms with Crippen molar-refractivity contribution < 1.29 is 18.9 Å². The van der Waals surface area contributed by atoms with Gasteiger partial charge in [0.25, 0.3) is 0 Å². The molecule has 222 valence electrons. The van der Waals surface area contributed by atoms with Crippen molar-refractivity contribution in [3.8, 4) is 23.0 Å². The first-order valence-electron chi connectivity index (χ1n) is 14.9. The van der Waals surface area contributed by atoms with E-state index in [0.29, 0.717) is 13.2 Å². The molecule has 0 spiro atoms. The number of hydrogen-bond donors (Lipinski definition) is 2. The summed E-state index contributed by atoms with van der Waals surface area (Å²) in [7, 11) is 3.92. The van der Waals surface area contributed by atoms with Gasteiger partial charge in [-0.05, 0) is 99.7 Å². The molecule has 2 unspecified atom stereocenters. The Bertz CT molecular complexity index is 1150. The zero-order valence-electron chi connectivity index (χ0n) is 24.8. The largest absolute Gasteiger partial charge is 0.494 e. The second-order valence-electron chi connectivity index (χ2n) is 10.2. The van der Waals surface area contributed by atoms with Crippen molar-refractivity contribution in [3.63, 3.8) is 0 Å². The molecule has 4 rings (SSSR count). The molecule has 0 aliphatic carbocycles. The summed E-state index contributed by atoms with van der Waals surface area (Å²) < 4.78 is 24.5. The summed E-state index contributed by atoms with van der Waals surface area (Å²) in [6.45, 7) is 3.05. The molecule has 0 saturated heterocycles. The first-order chi connectivity index (χ1) is 20.7. The average Bonchev–Trinajstić information content (AvgIpc) is 3.05. The fourth-order valence-corrected chi connectivity index (χ4v) is 4.62. The van der Waals surface area contributed by atoms with E-state index in [2.05, 4.69) is 34.9 Å². The smallest absolute Gasteiger partial charge is 0.125 e. The molecule has 0 amide bonds. The molecule has 0 aliphatic heterocycles. The minimum atomic E-state index is 0.00342. The van der Waals surface area contributed by atoms with Gasteiger partial charge in [0.1, 0.15) is 35.2 Å². The lowest BCUT2D eigenvalue weighted by Gasteiger charge is -2.20. The lowest BCUT2D eigenvalue weighted by Crippen LogP contribution is -2.16. The molecule has 2 atom stereocenters. The molecule has 0 aromatic heterocycles. The standard InChI is InChI=1S/C36H44N2O4/c1-37-25-23-35(29-11-5-3-6-12-29)41-33-19-15-31(16-20-33)39-27-9-10-28-40-32-17-21-34(22-18-32)42-36(24-26-38-2)30-13-7-4-8-14-30/h3-8,11-22,35-38H,9-10,23-28H2,1-2H3. The van der Waals surface area contributed by atoms with Gasteiger partial charge in [0, 0.05) is 12.8 Å². The minimum absolute atomic E-state index is 0.00342. The van der Waals surface area contributed by atoms with Crippen molar-refractivity contribution >= 4 is 0 Å². The SMILES string of the molecule is CNCCC(Oc1ccc(OCCCCOc2ccc(OC(CCNC)c3ccccc3)cc2)cc1)c1ccccc1. The lowest BCUT2D eigenvalue weighted by atomic mass is 10.1. The van der Waals surface area contributed by atoms with Crippen molar-refractivity contribution in [2.45, 2.75) is 37.9 Å². The molecule has 4 aromatic rings. The highest BCUT2D eigenvalue weighted by Gasteiger charge is 2.14. The van der Waals surface area contributed by atoms with Gasteiger partial charge < -0.3 is 29.6 Å². The van der Waals surface area contributed by atoms with E-state index < -0.39 is 0 Å². The quantitative estimate of drug-likeness (QED) is 0.115. The third-order valence-corrected chi connectivity index (χ3v) is 6.94. The maximum Gasteiger partial charge on any atom is 0.125 e. The van der Waals surface area contributed by atoms with Gasteiger partial charge in [-0.1, -0.05) is 60.7 Å². The lowest BCUT2D eigenvalue weighted by molar-refractivity contribution is 0.194. The van der Waals surface area contributed by atoms with Crippen molar-refractivity contribution in [1.29, 1.82) is 0 Å². The molecular formula is C36H44N2O4. The van der Waals surface area contributed by atoms with Crippen LogP contribution in [0.5, 0.6) is 23.0 Å². The fraction of sp³-hybridized carbons (Fsp3) is 0.333. The van der Waals surface area contributed by atoms with Crippen LogP contribution in [0.25, 0.3) is 0 Å². The van der Waals surface area contributed by atoms with E-state index >= 15 is 0 Å². The maximum absolute atomic E-state index is 6.30. The molecule has 0 aliphatic rings. The van der Waals surface area contributed by atoms with Crippen LogP contribution in [0, 0.1) is 0 Å². The molecule has 6 heteroatoms. The summed E-state index contributed by atoms with van der Waals surface area (Å²) in [6.07, 6.45) is 3.61. The Morgan fingerprint density at radius 1 is 0.476 bits per heavy atom. The predicted octanol–water partition coefficient (Wildman–Crippen LogP) is 7.38. The molecule has 0 saturated carbocycles. The third kappa shape index (κ3) is 10.4. The normalized spacial score (nSPS) is 12.3. The van der Waals surface area contributed by atoms with Crippen molar-refractivity contribution in [2.75, 3.05) is 40.4 Å². The summed E-state index contributed by atoms with van der Waals surface area (Å²) in [5.41, 5.74) is 2.35. The van der Waals surface area contributed by atoms with Crippen LogP contribution in [0.1, 0.15) is 49.0 Å². The average molecular weight is 569 g/mol. The first-order valence-corrected chi connectivity index (χ1v) is 14.9. The molecule has 4 aromatic carbocycles. The van der Waals surface area contributed by atoms with Crippen LogP contribution in [0.15, 0.2) is 109 Å². The van der Waals surface area contributed by atoms with Gasteiger partial charge in [-0.3, -0.25) is 0 Å². The van der Waals surface area contributed by atoms with Crippen molar-refractivity contribution in [2.24, 2.45) is 0 Å². The van der Waals surface area contributed by atoms with Gasteiger partial charge in [-0.2, -0.15) is 0 Å². The van der Waals surface area contributed by atoms with Gasteiger partial charge in [-0.15, -0.1) is 0 Å². The molecule has 42 heavy (non-hydrogen) atoms. The van der Waals surface area contributed by atoms with E-state index in [1.807, 2.05) is 99.0 Å². The number of rotatable bonds is 19. The van der Waals surface area contributed by atoms with Crippen LogP contribution in [0.3, 0.4) is 0 Å². The highest BCUT2D eigenvalue weighted by atomic mass is 16.5. The minimum Gasteiger partial charge on any atom is -0.494 e. The van der Waals surface area contributed by atoms with Crippen LogP contribution in [0.4, 0.5) is 0 Å². The maximum atomic E-state index is 6.30. The number of ether oxygens (including phenoxy) is 4. The number of unbranched alkanes of at least 4 members (excludes halogenated alkanes) is 1. The fourth-order valence-electron chi connectivity index (χ4n) is 4.62. The van der Waals surface area contributed by atoms with E-state index in [1.165, 1.54) is 11.1 Å². The number of benzene rings is 4. The van der Waals surface area contributed by atoms with E-state index in [1.54, 1.807) is 0 Å². The Labute approximate surface area is 251 Å². The summed E-state index contributed by atoms with van der Waals surface area (Å²) in [6, 6.07) is 36.5. The highest BCUT2D eigenvalue weighted by Crippen LogP contribution is 2.28. The van der Waals surface area contributed by atoms with E-state index in [9.17, 15) is 0 Å². The van der Waals surface area contributed by atoms with E-state index in [-0.39, 0.29) is 12.2 Å². The van der Waals surface area contributed by atoms with Gasteiger partial charge in [0.15, 0.2) is 0 Å². The van der Waals surface area contributed by atoms with Crippen LogP contribution in [-0.2, 0) is 0 Å². The van der Waals surface area contributed by atoms with Gasteiger partial charge in [-0.25, -0.2) is 0 Å². The predicted molar refractivity (Wildman–Crippen MR) is 170 cm³/mol. The molecule has 0 fully saturated rings. The Morgan fingerprint density at radius 3 is 1.19 bits per heavy atom. The summed E-state index contributed by atoms with van der Waals surface area (Å²) >= 11 is 0. The Balaban J connectivity index is 1.15. The summed E-state index contributed by atoms with van der Waals surface area (Å²) in [5.74, 6) is 3.36. The molecule has 6 nitrogen and oxygen atoms in total. The molecule has 2 N–H and O–H groups in total. The van der Waals surface area contributed by atoms with Gasteiger partial charge in [0.2, 0.25) is 0 Å². The molecular weight excluding hydrogens is 524 g/mol. The Hall–Kier alpha value is -4.00. The number of nitrogens with one attached hydrogen (secondary N) is 2. The van der Waals surface area contributed by atoms with Gasteiger partial charge in [0.05, 0.1) is 13.2 Å². The molecule has 0 radical (unpaired) electrons. The second kappa shape index (κ2) is 17.7. The van der Waals surface area contributed by atoms with Crippen LogP contribution >= 0.6 is 0 Å². The monoisotopic (exact) mass is 568 g/mol. The zero-order valence-corrected chi connectivity index (χ0v) is 24.8. The van der Waals surface area contributed by atoms with E-state index in [0.717, 1.165) is 61.8 Å². The van der Waals surface area contributed by atoms with Crippen LogP contribution in [-0.4, -0.2) is 40.4 Å². The zero-order chi connectivity index (χ0) is 29.2. The van der Waals surface area contributed by atoms with Crippen molar-refractivity contribution in [3.05, 3.63) is 120 Å². The Morgan fingerprint density at radius 2 is 0.833 bits per heavy atom. The first kappa shape index (κ1) is 30.9. The highest BCUT2D eigenvalue weighted by molar-refractivity contribution is 5.33. The summed E-state index contributed by atoms with van der Waals surface area (Å²) in [5, 5.41) is 6.43. The van der Waals surface area contributed by atoms with Crippen LogP contribution < -0.4 is 29.6 Å². The Kier molecular flexibility index (Phi) is 13.1. The third-order valence-electron chi connectivity index (χ3n) is 6.94. The molecule has 0 bridgehead atoms. The van der Waals surface area contributed by atoms with E-state index in [4.69, 9.17) is 18.9 Å². The second-order valence-corrected chi connectivity index (χ2v) is 10.2. The van der Waals surface area contributed by atoms with Crippen LogP contribution in [0.2, 0.25) is 0 Å².